The van der Waals surface area contributed by atoms with Crippen molar-refractivity contribution in [1.82, 2.24) is 10.2 Å². The van der Waals surface area contributed by atoms with Crippen LogP contribution in [-0.2, 0) is 16.1 Å². The van der Waals surface area contributed by atoms with Gasteiger partial charge in [0, 0.05) is 19.0 Å². The van der Waals surface area contributed by atoms with Gasteiger partial charge in [-0.3, -0.25) is 9.59 Å². The van der Waals surface area contributed by atoms with Crippen LogP contribution in [0.1, 0.15) is 32.3 Å². The van der Waals surface area contributed by atoms with Gasteiger partial charge in [0.2, 0.25) is 11.8 Å². The van der Waals surface area contributed by atoms with Crippen LogP contribution in [0.3, 0.4) is 0 Å². The highest BCUT2D eigenvalue weighted by molar-refractivity contribution is 5.90. The number of benzene rings is 1. The van der Waals surface area contributed by atoms with Crippen LogP contribution in [0.25, 0.3) is 0 Å². The lowest BCUT2D eigenvalue weighted by Gasteiger charge is -2.28. The highest BCUT2D eigenvalue weighted by Crippen LogP contribution is 2.18. The first-order valence-electron chi connectivity index (χ1n) is 7.28. The van der Waals surface area contributed by atoms with Crippen LogP contribution in [0.15, 0.2) is 24.3 Å². The number of rotatable bonds is 4. The molecule has 1 saturated heterocycles. The van der Waals surface area contributed by atoms with Crippen molar-refractivity contribution in [2.45, 2.75) is 45.3 Å². The molecule has 0 aliphatic carbocycles. The minimum absolute atomic E-state index is 0.00771. The number of ether oxygens (including phenoxy) is 1. The van der Waals surface area contributed by atoms with Gasteiger partial charge in [-0.05, 0) is 31.0 Å². The summed E-state index contributed by atoms with van der Waals surface area (Å²) in [5.74, 6) is 0.726. The molecular weight excluding hydrogens is 268 g/mol. The fraction of sp³-hybridized carbons (Fsp3) is 0.500. The minimum Gasteiger partial charge on any atom is -0.497 e. The fourth-order valence-electron chi connectivity index (χ4n) is 2.55. The van der Waals surface area contributed by atoms with Crippen LogP contribution in [0.4, 0.5) is 0 Å². The number of methoxy groups -OCH3 is 1. The van der Waals surface area contributed by atoms with E-state index >= 15 is 0 Å². The molecule has 0 radical (unpaired) electrons. The van der Waals surface area contributed by atoms with E-state index in [1.54, 1.807) is 12.0 Å². The molecule has 0 saturated carbocycles. The monoisotopic (exact) mass is 290 g/mol. The first kappa shape index (κ1) is 15.4. The van der Waals surface area contributed by atoms with Gasteiger partial charge in [0.15, 0.2) is 0 Å². The number of nitrogens with zero attached hydrogens (tertiary/aromatic N) is 1. The molecule has 2 amide bonds. The molecule has 114 valence electrons. The predicted octanol–water partition coefficient (Wildman–Crippen LogP) is 1.71. The van der Waals surface area contributed by atoms with Crippen molar-refractivity contribution in [2.75, 3.05) is 7.11 Å². The van der Waals surface area contributed by atoms with E-state index in [0.717, 1.165) is 11.3 Å². The molecule has 1 N–H and O–H groups in total. The zero-order valence-corrected chi connectivity index (χ0v) is 12.8. The Morgan fingerprint density at radius 1 is 1.29 bits per heavy atom. The van der Waals surface area contributed by atoms with Crippen molar-refractivity contribution < 1.29 is 14.3 Å². The van der Waals surface area contributed by atoms with Gasteiger partial charge in [0.05, 0.1) is 7.11 Å². The zero-order chi connectivity index (χ0) is 15.4. The van der Waals surface area contributed by atoms with Gasteiger partial charge >= 0.3 is 0 Å². The van der Waals surface area contributed by atoms with Crippen LogP contribution in [0.5, 0.6) is 5.75 Å². The zero-order valence-electron chi connectivity index (χ0n) is 12.8. The van der Waals surface area contributed by atoms with Gasteiger partial charge in [0.1, 0.15) is 11.8 Å². The van der Waals surface area contributed by atoms with Crippen molar-refractivity contribution >= 4 is 11.8 Å². The average molecular weight is 290 g/mol. The quantitative estimate of drug-likeness (QED) is 0.918. The Morgan fingerprint density at radius 3 is 2.52 bits per heavy atom. The normalized spacial score (nSPS) is 22.7. The van der Waals surface area contributed by atoms with Gasteiger partial charge in [-0.15, -0.1) is 0 Å². The first-order chi connectivity index (χ1) is 10.0. The highest BCUT2D eigenvalue weighted by atomic mass is 16.5. The predicted molar refractivity (Wildman–Crippen MR) is 79.8 cm³/mol. The van der Waals surface area contributed by atoms with Crippen molar-refractivity contribution in [2.24, 2.45) is 0 Å². The number of carbonyl (C=O) groups excluding carboxylic acids is 2. The van der Waals surface area contributed by atoms with E-state index in [2.05, 4.69) is 5.32 Å². The molecule has 0 spiro atoms. The maximum absolute atomic E-state index is 12.5. The Labute approximate surface area is 125 Å². The van der Waals surface area contributed by atoms with Crippen molar-refractivity contribution in [3.05, 3.63) is 29.8 Å². The molecule has 21 heavy (non-hydrogen) atoms. The lowest BCUT2D eigenvalue weighted by Crippen LogP contribution is -2.45. The van der Waals surface area contributed by atoms with E-state index < -0.39 is 6.04 Å². The fourth-order valence-corrected chi connectivity index (χ4v) is 2.55. The third-order valence-corrected chi connectivity index (χ3v) is 3.85. The summed E-state index contributed by atoms with van der Waals surface area (Å²) in [6, 6.07) is 7.13. The molecule has 1 aliphatic heterocycles. The summed E-state index contributed by atoms with van der Waals surface area (Å²) in [5, 5.41) is 2.79. The van der Waals surface area contributed by atoms with E-state index in [0.29, 0.717) is 19.4 Å². The topological polar surface area (TPSA) is 58.6 Å². The molecule has 1 fully saturated rings. The van der Waals surface area contributed by atoms with Crippen molar-refractivity contribution in [1.29, 1.82) is 0 Å². The molecule has 2 atom stereocenters. The third-order valence-electron chi connectivity index (χ3n) is 3.85. The minimum atomic E-state index is -0.416. The molecular formula is C16H22N2O3. The summed E-state index contributed by atoms with van der Waals surface area (Å²) in [6.07, 6.45) is 0.953. The summed E-state index contributed by atoms with van der Waals surface area (Å²) in [6.45, 7) is 4.33. The Kier molecular flexibility index (Phi) is 4.83. The van der Waals surface area contributed by atoms with Gasteiger partial charge in [-0.25, -0.2) is 0 Å². The Bertz CT molecular complexity index is 513. The maximum Gasteiger partial charge on any atom is 0.245 e. The highest BCUT2D eigenvalue weighted by Gasteiger charge is 2.32. The molecule has 0 bridgehead atoms. The molecule has 5 nitrogen and oxygen atoms in total. The smallest absolute Gasteiger partial charge is 0.245 e. The summed E-state index contributed by atoms with van der Waals surface area (Å²) >= 11 is 0. The molecule has 1 aliphatic rings. The van der Waals surface area contributed by atoms with Crippen LogP contribution >= 0.6 is 0 Å². The molecule has 1 heterocycles. The van der Waals surface area contributed by atoms with Crippen LogP contribution in [0, 0.1) is 0 Å². The molecule has 1 aromatic rings. The van der Waals surface area contributed by atoms with Gasteiger partial charge < -0.3 is 15.0 Å². The standard InChI is InChI=1S/C16H22N2O3/c1-4-14-16(20)18(11(2)9-15(19)17-14)10-12-5-7-13(21-3)8-6-12/h5-8,11,14H,4,9-10H2,1-3H3,(H,17,19). The van der Waals surface area contributed by atoms with E-state index in [4.69, 9.17) is 4.74 Å². The average Bonchev–Trinajstić information content (AvgIpc) is 2.58. The van der Waals surface area contributed by atoms with Crippen LogP contribution in [0.2, 0.25) is 0 Å². The van der Waals surface area contributed by atoms with Gasteiger partial charge in [-0.1, -0.05) is 19.1 Å². The Morgan fingerprint density at radius 2 is 1.95 bits per heavy atom. The molecule has 1 aromatic carbocycles. The number of nitrogens with one attached hydrogen (secondary N) is 1. The Balaban J connectivity index is 2.17. The first-order valence-corrected chi connectivity index (χ1v) is 7.28. The third kappa shape index (κ3) is 3.54. The summed E-state index contributed by atoms with van der Waals surface area (Å²) in [5.41, 5.74) is 1.03. The summed E-state index contributed by atoms with van der Waals surface area (Å²) in [4.78, 5) is 26.1. The number of hydrogen-bond donors (Lipinski definition) is 1. The van der Waals surface area contributed by atoms with E-state index in [-0.39, 0.29) is 17.9 Å². The lowest BCUT2D eigenvalue weighted by molar-refractivity contribution is -0.135. The van der Waals surface area contributed by atoms with Gasteiger partial charge in [0.25, 0.3) is 0 Å². The van der Waals surface area contributed by atoms with Crippen molar-refractivity contribution in [3.8, 4) is 5.75 Å². The number of amides is 2. The van der Waals surface area contributed by atoms with Crippen molar-refractivity contribution in [3.63, 3.8) is 0 Å². The Hall–Kier alpha value is -2.04. The van der Waals surface area contributed by atoms with Crippen LogP contribution < -0.4 is 10.1 Å². The second-order valence-electron chi connectivity index (χ2n) is 5.40. The maximum atomic E-state index is 12.5. The largest absolute Gasteiger partial charge is 0.497 e. The summed E-state index contributed by atoms with van der Waals surface area (Å²) in [7, 11) is 1.62. The molecule has 2 unspecified atom stereocenters. The SMILES string of the molecule is CCC1NC(=O)CC(C)N(Cc2ccc(OC)cc2)C1=O. The molecule has 2 rings (SSSR count). The molecule has 5 heteroatoms. The lowest BCUT2D eigenvalue weighted by atomic mass is 10.1. The number of hydrogen-bond acceptors (Lipinski definition) is 3. The second-order valence-corrected chi connectivity index (χ2v) is 5.40. The van der Waals surface area contributed by atoms with Crippen LogP contribution in [-0.4, -0.2) is 35.9 Å². The van der Waals surface area contributed by atoms with E-state index in [1.807, 2.05) is 38.1 Å². The van der Waals surface area contributed by atoms with E-state index in [1.165, 1.54) is 0 Å². The van der Waals surface area contributed by atoms with E-state index in [9.17, 15) is 9.59 Å². The number of carbonyl (C=O) groups is 2. The summed E-state index contributed by atoms with van der Waals surface area (Å²) < 4.78 is 5.13. The second kappa shape index (κ2) is 6.61. The molecule has 0 aromatic heterocycles. The van der Waals surface area contributed by atoms with Gasteiger partial charge in [-0.2, -0.15) is 0 Å².